The first kappa shape index (κ1) is 9.01. The quantitative estimate of drug-likeness (QED) is 0.660. The van der Waals surface area contributed by atoms with Crippen molar-refractivity contribution in [2.45, 2.75) is 32.7 Å². The summed E-state index contributed by atoms with van der Waals surface area (Å²) in [6.07, 6.45) is 2.37. The average Bonchev–Trinajstić information content (AvgIpc) is 1.95. The third kappa shape index (κ3) is 1.94. The number of hydrogen-bond acceptors (Lipinski definition) is 2. The SMILES string of the molecule is CCC1CN(C(CC)CO)C1. The van der Waals surface area contributed by atoms with E-state index < -0.39 is 0 Å². The minimum atomic E-state index is 0.326. The maximum atomic E-state index is 8.98. The van der Waals surface area contributed by atoms with Crippen LogP contribution in [0.1, 0.15) is 26.7 Å². The van der Waals surface area contributed by atoms with E-state index in [0.29, 0.717) is 12.6 Å². The van der Waals surface area contributed by atoms with Gasteiger partial charge in [-0.3, -0.25) is 4.90 Å². The van der Waals surface area contributed by atoms with Crippen molar-refractivity contribution in [1.29, 1.82) is 0 Å². The Kier molecular flexibility index (Phi) is 3.34. The van der Waals surface area contributed by atoms with Crippen LogP contribution >= 0.6 is 0 Å². The first-order valence-corrected chi connectivity index (χ1v) is 4.66. The molecule has 0 aromatic rings. The highest BCUT2D eigenvalue weighted by Crippen LogP contribution is 2.21. The Hall–Kier alpha value is -0.0800. The number of nitrogens with zero attached hydrogens (tertiary/aromatic N) is 1. The predicted molar refractivity (Wildman–Crippen MR) is 46.5 cm³/mol. The van der Waals surface area contributed by atoms with Gasteiger partial charge in [0.15, 0.2) is 0 Å². The van der Waals surface area contributed by atoms with Gasteiger partial charge in [-0.2, -0.15) is 0 Å². The second-order valence-corrected chi connectivity index (χ2v) is 3.47. The summed E-state index contributed by atoms with van der Waals surface area (Å²) >= 11 is 0. The lowest BCUT2D eigenvalue weighted by molar-refractivity contribution is 0.0211. The smallest absolute Gasteiger partial charge is 0.0586 e. The van der Waals surface area contributed by atoms with Crippen molar-refractivity contribution in [2.24, 2.45) is 5.92 Å². The van der Waals surface area contributed by atoms with E-state index in [0.717, 1.165) is 12.3 Å². The lowest BCUT2D eigenvalue weighted by Gasteiger charge is -2.43. The molecule has 1 saturated heterocycles. The van der Waals surface area contributed by atoms with E-state index in [1.54, 1.807) is 0 Å². The molecule has 1 aliphatic heterocycles. The van der Waals surface area contributed by atoms with Gasteiger partial charge in [-0.25, -0.2) is 0 Å². The van der Waals surface area contributed by atoms with Gasteiger partial charge in [0.1, 0.15) is 0 Å². The van der Waals surface area contributed by atoms with Crippen molar-refractivity contribution >= 4 is 0 Å². The van der Waals surface area contributed by atoms with Crippen LogP contribution in [0.5, 0.6) is 0 Å². The molecule has 0 radical (unpaired) electrons. The van der Waals surface area contributed by atoms with E-state index in [1.807, 2.05) is 0 Å². The van der Waals surface area contributed by atoms with Gasteiger partial charge < -0.3 is 5.11 Å². The zero-order valence-corrected chi connectivity index (χ0v) is 7.58. The second-order valence-electron chi connectivity index (χ2n) is 3.47. The van der Waals surface area contributed by atoms with E-state index in [2.05, 4.69) is 18.7 Å². The first-order valence-electron chi connectivity index (χ1n) is 4.66. The molecule has 66 valence electrons. The molecule has 1 N–H and O–H groups in total. The van der Waals surface area contributed by atoms with Gasteiger partial charge in [-0.15, -0.1) is 0 Å². The van der Waals surface area contributed by atoms with Crippen molar-refractivity contribution in [3.05, 3.63) is 0 Å². The number of aliphatic hydroxyl groups is 1. The number of hydrogen-bond donors (Lipinski definition) is 1. The molecule has 0 spiro atoms. The van der Waals surface area contributed by atoms with E-state index in [4.69, 9.17) is 5.11 Å². The summed E-state index contributed by atoms with van der Waals surface area (Å²) in [5, 5.41) is 8.98. The predicted octanol–water partition coefficient (Wildman–Crippen LogP) is 1.10. The van der Waals surface area contributed by atoms with Crippen LogP contribution in [0.2, 0.25) is 0 Å². The Morgan fingerprint density at radius 1 is 1.45 bits per heavy atom. The van der Waals surface area contributed by atoms with Crippen molar-refractivity contribution in [3.63, 3.8) is 0 Å². The van der Waals surface area contributed by atoms with Gasteiger partial charge >= 0.3 is 0 Å². The molecule has 0 bridgehead atoms. The molecule has 2 heteroatoms. The van der Waals surface area contributed by atoms with E-state index in [-0.39, 0.29) is 0 Å². The van der Waals surface area contributed by atoms with Crippen molar-refractivity contribution in [3.8, 4) is 0 Å². The second kappa shape index (κ2) is 4.07. The summed E-state index contributed by atoms with van der Waals surface area (Å²) in [4.78, 5) is 2.38. The Morgan fingerprint density at radius 3 is 2.45 bits per heavy atom. The number of likely N-dealkylation sites (tertiary alicyclic amines) is 1. The normalized spacial score (nSPS) is 23.2. The fourth-order valence-electron chi connectivity index (χ4n) is 1.67. The summed E-state index contributed by atoms with van der Waals surface area (Å²) in [5.41, 5.74) is 0. The van der Waals surface area contributed by atoms with Crippen molar-refractivity contribution in [2.75, 3.05) is 19.7 Å². The highest BCUT2D eigenvalue weighted by atomic mass is 16.3. The Balaban J connectivity index is 2.19. The molecule has 0 aromatic heterocycles. The average molecular weight is 157 g/mol. The van der Waals surface area contributed by atoms with E-state index in [1.165, 1.54) is 19.5 Å². The third-order valence-electron chi connectivity index (χ3n) is 2.76. The molecule has 0 amide bonds. The fourth-order valence-corrected chi connectivity index (χ4v) is 1.67. The number of rotatable bonds is 4. The monoisotopic (exact) mass is 157 g/mol. The first-order chi connectivity index (χ1) is 5.31. The van der Waals surface area contributed by atoms with E-state index >= 15 is 0 Å². The molecule has 0 aliphatic carbocycles. The summed E-state index contributed by atoms with van der Waals surface area (Å²) in [6.45, 7) is 7.11. The Bertz CT molecular complexity index is 106. The molecule has 11 heavy (non-hydrogen) atoms. The maximum Gasteiger partial charge on any atom is 0.0586 e. The van der Waals surface area contributed by atoms with Crippen LogP contribution < -0.4 is 0 Å². The summed E-state index contributed by atoms with van der Waals surface area (Å²) in [7, 11) is 0. The van der Waals surface area contributed by atoms with Crippen LogP contribution in [0.3, 0.4) is 0 Å². The number of aliphatic hydroxyl groups excluding tert-OH is 1. The van der Waals surface area contributed by atoms with Crippen LogP contribution in [0.25, 0.3) is 0 Å². The standard InChI is InChI=1S/C9H19NO/c1-3-8-5-10(6-8)9(4-2)7-11/h8-9,11H,3-7H2,1-2H3. The Labute approximate surface area is 69.2 Å². The molecule has 1 aliphatic rings. The molecule has 1 unspecified atom stereocenters. The van der Waals surface area contributed by atoms with Gasteiger partial charge in [0.05, 0.1) is 6.61 Å². The van der Waals surface area contributed by atoms with Crippen LogP contribution in [-0.4, -0.2) is 35.7 Å². The van der Waals surface area contributed by atoms with Gasteiger partial charge in [-0.05, 0) is 12.3 Å². The molecule has 1 atom stereocenters. The van der Waals surface area contributed by atoms with E-state index in [9.17, 15) is 0 Å². The molecule has 1 rings (SSSR count). The van der Waals surface area contributed by atoms with Crippen LogP contribution in [0.4, 0.5) is 0 Å². The fraction of sp³-hybridized carbons (Fsp3) is 1.00. The molecule has 1 fully saturated rings. The minimum absolute atomic E-state index is 0.326. The van der Waals surface area contributed by atoms with Crippen LogP contribution in [0, 0.1) is 5.92 Å². The summed E-state index contributed by atoms with van der Waals surface area (Å²) in [6, 6.07) is 0.429. The van der Waals surface area contributed by atoms with Crippen molar-refractivity contribution in [1.82, 2.24) is 4.90 Å². The molecule has 1 heterocycles. The molecule has 0 saturated carbocycles. The minimum Gasteiger partial charge on any atom is -0.395 e. The lowest BCUT2D eigenvalue weighted by Crippen LogP contribution is -2.52. The van der Waals surface area contributed by atoms with Crippen molar-refractivity contribution < 1.29 is 5.11 Å². The highest BCUT2D eigenvalue weighted by Gasteiger charge is 2.29. The third-order valence-corrected chi connectivity index (χ3v) is 2.76. The summed E-state index contributed by atoms with van der Waals surface area (Å²) < 4.78 is 0. The lowest BCUT2D eigenvalue weighted by atomic mass is 9.94. The zero-order chi connectivity index (χ0) is 8.27. The molecular formula is C9H19NO. The molecule has 2 nitrogen and oxygen atoms in total. The van der Waals surface area contributed by atoms with Gasteiger partial charge in [0, 0.05) is 19.1 Å². The van der Waals surface area contributed by atoms with Gasteiger partial charge in [0.2, 0.25) is 0 Å². The van der Waals surface area contributed by atoms with Gasteiger partial charge in [-0.1, -0.05) is 20.3 Å². The topological polar surface area (TPSA) is 23.5 Å². The molecule has 0 aromatic carbocycles. The van der Waals surface area contributed by atoms with Gasteiger partial charge in [0.25, 0.3) is 0 Å². The Morgan fingerprint density at radius 2 is 2.09 bits per heavy atom. The molecular weight excluding hydrogens is 138 g/mol. The van der Waals surface area contributed by atoms with Crippen LogP contribution in [-0.2, 0) is 0 Å². The zero-order valence-electron chi connectivity index (χ0n) is 7.58. The largest absolute Gasteiger partial charge is 0.395 e. The van der Waals surface area contributed by atoms with Crippen LogP contribution in [0.15, 0.2) is 0 Å². The maximum absolute atomic E-state index is 8.98. The highest BCUT2D eigenvalue weighted by molar-refractivity contribution is 4.83. The summed E-state index contributed by atoms with van der Waals surface area (Å²) in [5.74, 6) is 0.899.